The first-order valence-electron chi connectivity index (χ1n) is 5.51. The van der Waals surface area contributed by atoms with E-state index in [0.717, 1.165) is 16.0 Å². The topological polar surface area (TPSA) is 12.0 Å². The van der Waals surface area contributed by atoms with Gasteiger partial charge < -0.3 is 5.32 Å². The van der Waals surface area contributed by atoms with Crippen LogP contribution in [0.15, 0.2) is 22.7 Å². The van der Waals surface area contributed by atoms with E-state index in [2.05, 4.69) is 21.2 Å². The van der Waals surface area contributed by atoms with E-state index in [1.807, 2.05) is 30.0 Å². The molecule has 1 heterocycles. The van der Waals surface area contributed by atoms with E-state index in [9.17, 15) is 0 Å². The van der Waals surface area contributed by atoms with Gasteiger partial charge in [0.2, 0.25) is 0 Å². The summed E-state index contributed by atoms with van der Waals surface area (Å²) in [6.07, 6.45) is 2.63. The number of benzene rings is 1. The third-order valence-corrected chi connectivity index (χ3v) is 4.97. The smallest absolute Gasteiger partial charge is 0.0410 e. The molecule has 1 unspecified atom stereocenters. The molecule has 0 aliphatic carbocycles. The fourth-order valence-electron chi connectivity index (χ4n) is 1.83. The summed E-state index contributed by atoms with van der Waals surface area (Å²) in [5, 5.41) is 4.40. The Morgan fingerprint density at radius 3 is 3.12 bits per heavy atom. The van der Waals surface area contributed by atoms with Gasteiger partial charge in [-0.2, -0.15) is 11.8 Å². The Bertz CT molecular complexity index is 353. The number of thioether (sulfide) groups is 1. The maximum absolute atomic E-state index is 5.99. The van der Waals surface area contributed by atoms with Crippen molar-refractivity contribution in [2.24, 2.45) is 0 Å². The first kappa shape index (κ1) is 12.7. The predicted octanol–water partition coefficient (Wildman–Crippen LogP) is 4.09. The van der Waals surface area contributed by atoms with Gasteiger partial charge in [0, 0.05) is 27.8 Å². The average Bonchev–Trinajstić information content (AvgIpc) is 2.32. The third-order valence-electron chi connectivity index (χ3n) is 2.75. The van der Waals surface area contributed by atoms with Crippen molar-refractivity contribution in [3.8, 4) is 0 Å². The highest BCUT2D eigenvalue weighted by atomic mass is 79.9. The zero-order valence-electron chi connectivity index (χ0n) is 9.01. The Kier molecular flexibility index (Phi) is 5.01. The fourth-order valence-corrected chi connectivity index (χ4v) is 3.52. The first-order valence-corrected chi connectivity index (χ1v) is 7.83. The lowest BCUT2D eigenvalue weighted by Crippen LogP contribution is -2.33. The van der Waals surface area contributed by atoms with Crippen molar-refractivity contribution in [1.82, 2.24) is 5.32 Å². The van der Waals surface area contributed by atoms with E-state index in [4.69, 9.17) is 11.6 Å². The molecule has 1 aliphatic rings. The lowest BCUT2D eigenvalue weighted by atomic mass is 10.1. The van der Waals surface area contributed by atoms with Crippen LogP contribution in [0.1, 0.15) is 18.4 Å². The van der Waals surface area contributed by atoms with E-state index in [1.54, 1.807) is 0 Å². The molecule has 1 fully saturated rings. The quantitative estimate of drug-likeness (QED) is 0.900. The number of nitrogens with one attached hydrogen (secondary N) is 1. The lowest BCUT2D eigenvalue weighted by Gasteiger charge is -2.22. The second-order valence-electron chi connectivity index (χ2n) is 4.03. The molecule has 2 rings (SSSR count). The highest BCUT2D eigenvalue weighted by molar-refractivity contribution is 9.10. The predicted molar refractivity (Wildman–Crippen MR) is 76.3 cm³/mol. The minimum atomic E-state index is 0.657. The maximum atomic E-state index is 5.99. The molecule has 0 bridgehead atoms. The van der Waals surface area contributed by atoms with Gasteiger partial charge in [0.1, 0.15) is 0 Å². The summed E-state index contributed by atoms with van der Waals surface area (Å²) in [7, 11) is 0. The normalized spacial score (nSPS) is 21.0. The monoisotopic (exact) mass is 319 g/mol. The van der Waals surface area contributed by atoms with Crippen LogP contribution in [0.5, 0.6) is 0 Å². The van der Waals surface area contributed by atoms with Gasteiger partial charge in [-0.25, -0.2) is 0 Å². The van der Waals surface area contributed by atoms with Crippen LogP contribution in [0.4, 0.5) is 0 Å². The minimum absolute atomic E-state index is 0.657. The second kappa shape index (κ2) is 6.29. The summed E-state index contributed by atoms with van der Waals surface area (Å²) in [5.41, 5.74) is 1.24. The van der Waals surface area contributed by atoms with Gasteiger partial charge in [-0.15, -0.1) is 0 Å². The van der Waals surface area contributed by atoms with E-state index in [1.165, 1.54) is 29.9 Å². The van der Waals surface area contributed by atoms with Crippen LogP contribution in [0.3, 0.4) is 0 Å². The average molecular weight is 321 g/mol. The molecule has 0 amide bonds. The molecule has 88 valence electrons. The first-order chi connectivity index (χ1) is 7.75. The van der Waals surface area contributed by atoms with E-state index >= 15 is 0 Å². The maximum Gasteiger partial charge on any atom is 0.0410 e. The van der Waals surface area contributed by atoms with Crippen molar-refractivity contribution in [2.45, 2.75) is 25.4 Å². The molecule has 0 radical (unpaired) electrons. The standard InChI is InChI=1S/C12H15BrClNS/c13-12-4-3-10(14)6-9(12)7-15-11-2-1-5-16-8-11/h3-4,6,11,15H,1-2,5,7-8H2. The summed E-state index contributed by atoms with van der Waals surface area (Å²) < 4.78 is 1.13. The van der Waals surface area contributed by atoms with Gasteiger partial charge in [-0.05, 0) is 42.4 Å². The van der Waals surface area contributed by atoms with Gasteiger partial charge in [-0.3, -0.25) is 0 Å². The van der Waals surface area contributed by atoms with E-state index < -0.39 is 0 Å². The number of hydrogen-bond acceptors (Lipinski definition) is 2. The zero-order chi connectivity index (χ0) is 11.4. The van der Waals surface area contributed by atoms with Crippen LogP contribution in [0.25, 0.3) is 0 Å². The third kappa shape index (κ3) is 3.66. The van der Waals surface area contributed by atoms with Gasteiger partial charge in [-0.1, -0.05) is 27.5 Å². The fraction of sp³-hybridized carbons (Fsp3) is 0.500. The van der Waals surface area contributed by atoms with Crippen LogP contribution in [-0.4, -0.2) is 17.5 Å². The summed E-state index contributed by atoms with van der Waals surface area (Å²) in [6.45, 7) is 0.895. The highest BCUT2D eigenvalue weighted by Gasteiger charge is 2.13. The molecule has 0 saturated carbocycles. The summed E-state index contributed by atoms with van der Waals surface area (Å²) in [5.74, 6) is 2.55. The molecule has 1 N–H and O–H groups in total. The Morgan fingerprint density at radius 2 is 2.38 bits per heavy atom. The van der Waals surface area contributed by atoms with Crippen LogP contribution < -0.4 is 5.32 Å². The lowest BCUT2D eigenvalue weighted by molar-refractivity contribution is 0.507. The largest absolute Gasteiger partial charge is 0.309 e. The van der Waals surface area contributed by atoms with Gasteiger partial charge >= 0.3 is 0 Å². The van der Waals surface area contributed by atoms with Crippen molar-refractivity contribution in [3.05, 3.63) is 33.3 Å². The Morgan fingerprint density at radius 1 is 1.50 bits per heavy atom. The van der Waals surface area contributed by atoms with Crippen LogP contribution in [0, 0.1) is 0 Å². The molecule has 1 saturated heterocycles. The molecule has 16 heavy (non-hydrogen) atoms. The van der Waals surface area contributed by atoms with Crippen molar-refractivity contribution >= 4 is 39.3 Å². The van der Waals surface area contributed by atoms with E-state index in [-0.39, 0.29) is 0 Å². The van der Waals surface area contributed by atoms with Crippen LogP contribution in [0.2, 0.25) is 5.02 Å². The SMILES string of the molecule is Clc1ccc(Br)c(CNC2CCCSC2)c1. The van der Waals surface area contributed by atoms with Crippen LogP contribution in [-0.2, 0) is 6.54 Å². The van der Waals surface area contributed by atoms with Crippen LogP contribution >= 0.6 is 39.3 Å². The molecule has 1 aromatic carbocycles. The molecule has 1 nitrogen and oxygen atoms in total. The van der Waals surface area contributed by atoms with Crippen molar-refractivity contribution in [3.63, 3.8) is 0 Å². The van der Waals surface area contributed by atoms with Crippen molar-refractivity contribution < 1.29 is 0 Å². The molecule has 1 aliphatic heterocycles. The summed E-state index contributed by atoms with van der Waals surface area (Å²) in [6, 6.07) is 6.60. The van der Waals surface area contributed by atoms with Gasteiger partial charge in [0.05, 0.1) is 0 Å². The Labute approximate surface area is 114 Å². The number of rotatable bonds is 3. The number of halogens is 2. The summed E-state index contributed by atoms with van der Waals surface area (Å²) in [4.78, 5) is 0. The number of hydrogen-bond donors (Lipinski definition) is 1. The Hall–Kier alpha value is 0.300. The summed E-state index contributed by atoms with van der Waals surface area (Å²) >= 11 is 11.6. The van der Waals surface area contributed by atoms with Gasteiger partial charge in [0.25, 0.3) is 0 Å². The molecular weight excluding hydrogens is 306 g/mol. The van der Waals surface area contributed by atoms with Gasteiger partial charge in [0.15, 0.2) is 0 Å². The molecule has 1 aromatic rings. The van der Waals surface area contributed by atoms with Crippen molar-refractivity contribution in [2.75, 3.05) is 11.5 Å². The Balaban J connectivity index is 1.90. The molecule has 1 atom stereocenters. The second-order valence-corrected chi connectivity index (χ2v) is 6.47. The molecular formula is C12H15BrClNS. The van der Waals surface area contributed by atoms with Crippen molar-refractivity contribution in [1.29, 1.82) is 0 Å². The van der Waals surface area contributed by atoms with E-state index in [0.29, 0.717) is 6.04 Å². The minimum Gasteiger partial charge on any atom is -0.309 e. The molecule has 4 heteroatoms. The molecule has 0 aromatic heterocycles. The molecule has 0 spiro atoms. The zero-order valence-corrected chi connectivity index (χ0v) is 12.2. The highest BCUT2D eigenvalue weighted by Crippen LogP contribution is 2.22.